The summed E-state index contributed by atoms with van der Waals surface area (Å²) in [6.07, 6.45) is 0.775. The van der Waals surface area contributed by atoms with E-state index >= 15 is 0 Å². The topological polar surface area (TPSA) is 113 Å². The van der Waals surface area contributed by atoms with Gasteiger partial charge in [0.15, 0.2) is 0 Å². The number of hydrogen-bond donors (Lipinski definition) is 3. The van der Waals surface area contributed by atoms with E-state index in [0.29, 0.717) is 36.7 Å². The summed E-state index contributed by atoms with van der Waals surface area (Å²) in [6, 6.07) is 4.49. The molecule has 2 rings (SSSR count). The van der Waals surface area contributed by atoms with E-state index in [4.69, 9.17) is 9.84 Å². The van der Waals surface area contributed by atoms with Gasteiger partial charge in [-0.05, 0) is 12.5 Å². The molecule has 2 aromatic rings. The molecule has 3 N–H and O–H groups in total. The minimum absolute atomic E-state index is 0.0236. The third-order valence-corrected chi connectivity index (χ3v) is 2.67. The number of imidazole rings is 1. The van der Waals surface area contributed by atoms with Crippen molar-refractivity contribution in [3.05, 3.63) is 28.3 Å². The maximum Gasteiger partial charge on any atom is 0.271 e. The number of aromatic amines is 1. The predicted octanol–water partition coefficient (Wildman–Crippen LogP) is 1.28. The number of H-pyrrole nitrogens is 1. The summed E-state index contributed by atoms with van der Waals surface area (Å²) >= 11 is 0. The number of nitrogens with zero attached hydrogens (tertiary/aromatic N) is 2. The van der Waals surface area contributed by atoms with E-state index < -0.39 is 4.92 Å². The lowest BCUT2D eigenvalue weighted by Crippen LogP contribution is -2.08. The van der Waals surface area contributed by atoms with Gasteiger partial charge in [-0.1, -0.05) is 0 Å². The molecule has 0 unspecified atom stereocenters. The van der Waals surface area contributed by atoms with Gasteiger partial charge in [0.25, 0.3) is 5.69 Å². The normalized spacial score (nSPS) is 10.8. The van der Waals surface area contributed by atoms with Crippen LogP contribution in [0.2, 0.25) is 0 Å². The molecule has 8 heteroatoms. The lowest BCUT2D eigenvalue weighted by molar-refractivity contribution is -0.384. The zero-order valence-corrected chi connectivity index (χ0v) is 10.8. The molecule has 1 aromatic heterocycles. The predicted molar refractivity (Wildman–Crippen MR) is 73.8 cm³/mol. The Balaban J connectivity index is 1.89. The fourth-order valence-corrected chi connectivity index (χ4v) is 1.74. The van der Waals surface area contributed by atoms with Crippen molar-refractivity contribution in [2.75, 3.05) is 31.7 Å². The first-order valence-corrected chi connectivity index (χ1v) is 6.27. The average molecular weight is 280 g/mol. The standard InChI is InChI=1S/C12H16N4O4/c17-5-7-20-6-1-4-13-12-14-10-3-2-9(16(18)19)8-11(10)15-12/h2-3,8,17H,1,4-7H2,(H2,13,14,15). The van der Waals surface area contributed by atoms with Gasteiger partial charge in [-0.25, -0.2) is 4.98 Å². The van der Waals surface area contributed by atoms with Crippen molar-refractivity contribution >= 4 is 22.7 Å². The zero-order chi connectivity index (χ0) is 14.4. The lowest BCUT2D eigenvalue weighted by Gasteiger charge is -2.03. The highest BCUT2D eigenvalue weighted by molar-refractivity contribution is 5.79. The van der Waals surface area contributed by atoms with E-state index in [9.17, 15) is 10.1 Å². The zero-order valence-electron chi connectivity index (χ0n) is 10.8. The van der Waals surface area contributed by atoms with Gasteiger partial charge in [0.05, 0.1) is 29.2 Å². The third-order valence-electron chi connectivity index (χ3n) is 2.67. The van der Waals surface area contributed by atoms with E-state index in [1.807, 2.05) is 0 Å². The average Bonchev–Trinajstić information content (AvgIpc) is 2.84. The third kappa shape index (κ3) is 3.65. The molecule has 1 heterocycles. The maximum atomic E-state index is 10.7. The van der Waals surface area contributed by atoms with Gasteiger partial charge < -0.3 is 20.1 Å². The second-order valence-electron chi connectivity index (χ2n) is 4.16. The van der Waals surface area contributed by atoms with Gasteiger partial charge in [0.2, 0.25) is 5.95 Å². The molecule has 1 aromatic carbocycles. The number of aromatic nitrogens is 2. The smallest absolute Gasteiger partial charge is 0.271 e. The molecular formula is C12H16N4O4. The van der Waals surface area contributed by atoms with Crippen molar-refractivity contribution < 1.29 is 14.8 Å². The highest BCUT2D eigenvalue weighted by Gasteiger charge is 2.09. The van der Waals surface area contributed by atoms with Crippen LogP contribution < -0.4 is 5.32 Å². The van der Waals surface area contributed by atoms with E-state index in [1.54, 1.807) is 6.07 Å². The molecule has 0 atom stereocenters. The summed E-state index contributed by atoms with van der Waals surface area (Å²) in [5.41, 5.74) is 1.33. The molecule has 0 saturated heterocycles. The molecule has 0 amide bonds. The van der Waals surface area contributed by atoms with Crippen molar-refractivity contribution in [3.8, 4) is 0 Å². The molecule has 0 aliphatic heterocycles. The number of nitro groups is 1. The van der Waals surface area contributed by atoms with Crippen LogP contribution in [0.3, 0.4) is 0 Å². The molecule has 0 aliphatic rings. The molecule has 0 radical (unpaired) electrons. The van der Waals surface area contributed by atoms with E-state index in [1.165, 1.54) is 12.1 Å². The Bertz CT molecular complexity index is 584. The van der Waals surface area contributed by atoms with E-state index in [2.05, 4.69) is 15.3 Å². The number of non-ortho nitro benzene ring substituents is 1. The molecule has 108 valence electrons. The summed E-state index contributed by atoms with van der Waals surface area (Å²) in [6.45, 7) is 1.58. The largest absolute Gasteiger partial charge is 0.394 e. The Morgan fingerprint density at radius 1 is 1.45 bits per heavy atom. The number of nitro benzene ring substituents is 1. The second kappa shape index (κ2) is 6.83. The van der Waals surface area contributed by atoms with Gasteiger partial charge in [0.1, 0.15) is 0 Å². The van der Waals surface area contributed by atoms with Crippen LogP contribution >= 0.6 is 0 Å². The van der Waals surface area contributed by atoms with Gasteiger partial charge >= 0.3 is 0 Å². The van der Waals surface area contributed by atoms with Crippen LogP contribution in [-0.4, -0.2) is 46.4 Å². The summed E-state index contributed by atoms with van der Waals surface area (Å²) in [4.78, 5) is 17.5. The maximum absolute atomic E-state index is 10.7. The fourth-order valence-electron chi connectivity index (χ4n) is 1.74. The van der Waals surface area contributed by atoms with Crippen LogP contribution in [0.4, 0.5) is 11.6 Å². The fraction of sp³-hybridized carbons (Fsp3) is 0.417. The van der Waals surface area contributed by atoms with Crippen molar-refractivity contribution in [1.29, 1.82) is 0 Å². The molecule has 20 heavy (non-hydrogen) atoms. The van der Waals surface area contributed by atoms with Gasteiger partial charge in [-0.15, -0.1) is 0 Å². The van der Waals surface area contributed by atoms with E-state index in [-0.39, 0.29) is 12.3 Å². The number of anilines is 1. The summed E-state index contributed by atoms with van der Waals surface area (Å²) in [7, 11) is 0. The van der Waals surface area contributed by atoms with Crippen molar-refractivity contribution in [1.82, 2.24) is 9.97 Å². The molecule has 8 nitrogen and oxygen atoms in total. The Kier molecular flexibility index (Phi) is 4.85. The number of aliphatic hydroxyl groups excluding tert-OH is 1. The summed E-state index contributed by atoms with van der Waals surface area (Å²) in [5, 5.41) is 22.3. The summed E-state index contributed by atoms with van der Waals surface area (Å²) in [5.74, 6) is 0.572. The molecule has 0 aliphatic carbocycles. The van der Waals surface area contributed by atoms with Crippen LogP contribution in [0.25, 0.3) is 11.0 Å². The first kappa shape index (κ1) is 14.2. The molecule has 0 spiro atoms. The number of fused-ring (bicyclic) bond motifs is 1. The van der Waals surface area contributed by atoms with Gasteiger partial charge in [0, 0.05) is 25.3 Å². The van der Waals surface area contributed by atoms with Crippen LogP contribution in [0.1, 0.15) is 6.42 Å². The summed E-state index contributed by atoms with van der Waals surface area (Å²) < 4.78 is 5.13. The van der Waals surface area contributed by atoms with Gasteiger partial charge in [-0.3, -0.25) is 10.1 Å². The van der Waals surface area contributed by atoms with Crippen LogP contribution in [0, 0.1) is 10.1 Å². The van der Waals surface area contributed by atoms with Crippen LogP contribution in [0.15, 0.2) is 18.2 Å². The number of hydrogen-bond acceptors (Lipinski definition) is 6. The number of aliphatic hydroxyl groups is 1. The van der Waals surface area contributed by atoms with Crippen LogP contribution in [0.5, 0.6) is 0 Å². The number of benzene rings is 1. The number of nitrogens with one attached hydrogen (secondary N) is 2. The van der Waals surface area contributed by atoms with Crippen molar-refractivity contribution in [2.24, 2.45) is 0 Å². The minimum atomic E-state index is -0.439. The van der Waals surface area contributed by atoms with Crippen LogP contribution in [-0.2, 0) is 4.74 Å². The Labute approximate surface area is 114 Å². The molecule has 0 bridgehead atoms. The molecular weight excluding hydrogens is 264 g/mol. The highest BCUT2D eigenvalue weighted by atomic mass is 16.6. The minimum Gasteiger partial charge on any atom is -0.394 e. The van der Waals surface area contributed by atoms with Crippen molar-refractivity contribution in [3.63, 3.8) is 0 Å². The lowest BCUT2D eigenvalue weighted by atomic mass is 10.3. The first-order chi connectivity index (χ1) is 9.70. The quantitative estimate of drug-likeness (QED) is 0.381. The van der Waals surface area contributed by atoms with Crippen molar-refractivity contribution in [2.45, 2.75) is 6.42 Å². The van der Waals surface area contributed by atoms with E-state index in [0.717, 1.165) is 6.42 Å². The SMILES string of the molecule is O=[N+]([O-])c1ccc2nc(NCCCOCCO)[nH]c2c1. The highest BCUT2D eigenvalue weighted by Crippen LogP contribution is 2.20. The molecule has 0 fully saturated rings. The molecule has 0 saturated carbocycles. The first-order valence-electron chi connectivity index (χ1n) is 6.27. The van der Waals surface area contributed by atoms with Gasteiger partial charge in [-0.2, -0.15) is 0 Å². The Morgan fingerprint density at radius 3 is 3.05 bits per heavy atom. The number of ether oxygens (including phenoxy) is 1. The Hall–Kier alpha value is -2.19. The number of rotatable bonds is 8. The monoisotopic (exact) mass is 280 g/mol. The Morgan fingerprint density at radius 2 is 2.30 bits per heavy atom. The second-order valence-corrected chi connectivity index (χ2v) is 4.16.